The number of thiol groups is 1. The van der Waals surface area contributed by atoms with Crippen LogP contribution in [-0.2, 0) is 12.8 Å². The Morgan fingerprint density at radius 2 is 1.71 bits per heavy atom. The Morgan fingerprint density at radius 1 is 1.14 bits per heavy atom. The van der Waals surface area contributed by atoms with Gasteiger partial charge in [-0.25, -0.2) is 0 Å². The van der Waals surface area contributed by atoms with Gasteiger partial charge in [-0.05, 0) is 42.6 Å². The molecule has 2 heteroatoms. The van der Waals surface area contributed by atoms with E-state index < -0.39 is 0 Å². The molecule has 80 valence electrons. The summed E-state index contributed by atoms with van der Waals surface area (Å²) in [6.07, 6.45) is 2.41. The van der Waals surface area contributed by atoms with Crippen LogP contribution in [0.5, 0.6) is 0 Å². The second kappa shape index (κ2) is 5.82. The van der Waals surface area contributed by atoms with Gasteiger partial charge in [-0.15, -0.1) is 11.3 Å². The molecule has 0 N–H and O–H groups in total. The molecule has 0 saturated heterocycles. The van der Waals surface area contributed by atoms with Gasteiger partial charge in [-0.2, -0.15) is 12.6 Å². The Bertz CT molecular complexity index is 263. The number of hydrogen-bond donors (Lipinski definition) is 1. The molecule has 1 heterocycles. The van der Waals surface area contributed by atoms with Crippen LogP contribution in [0.2, 0.25) is 0 Å². The van der Waals surface area contributed by atoms with Crippen molar-refractivity contribution in [2.24, 2.45) is 11.8 Å². The molecule has 1 rings (SSSR count). The number of rotatable bonds is 5. The number of thiophene rings is 1. The van der Waals surface area contributed by atoms with E-state index in [1.54, 1.807) is 0 Å². The van der Waals surface area contributed by atoms with E-state index in [-0.39, 0.29) is 0 Å². The normalized spacial score (nSPS) is 13.5. The summed E-state index contributed by atoms with van der Waals surface area (Å²) >= 11 is 6.28. The van der Waals surface area contributed by atoms with E-state index in [0.717, 1.165) is 11.7 Å². The molecule has 0 spiro atoms. The first-order valence-corrected chi connectivity index (χ1v) is 6.75. The van der Waals surface area contributed by atoms with Crippen molar-refractivity contribution < 1.29 is 0 Å². The Balaban J connectivity index is 2.50. The maximum atomic E-state index is 4.31. The fourth-order valence-corrected chi connectivity index (χ4v) is 2.97. The van der Waals surface area contributed by atoms with Crippen LogP contribution >= 0.6 is 24.0 Å². The quantitative estimate of drug-likeness (QED) is 0.722. The summed E-state index contributed by atoms with van der Waals surface area (Å²) in [6, 6.07) is 4.56. The summed E-state index contributed by atoms with van der Waals surface area (Å²) < 4.78 is 0. The van der Waals surface area contributed by atoms with Gasteiger partial charge in [0.05, 0.1) is 0 Å². The van der Waals surface area contributed by atoms with E-state index in [1.165, 1.54) is 22.6 Å². The first-order chi connectivity index (χ1) is 6.61. The molecule has 1 atom stereocenters. The summed E-state index contributed by atoms with van der Waals surface area (Å²) in [5, 5.41) is 0. The summed E-state index contributed by atoms with van der Waals surface area (Å²) in [6.45, 7) is 6.81. The maximum Gasteiger partial charge on any atom is 0.00511 e. The van der Waals surface area contributed by atoms with E-state index in [4.69, 9.17) is 0 Å². The predicted octanol–water partition coefficient (Wildman–Crippen LogP) is 4.06. The minimum absolute atomic E-state index is 0.698. The first kappa shape index (κ1) is 12.1. The SMILES string of the molecule is CC(C)Cc1ccc(CC(C)CS)s1. The zero-order valence-electron chi connectivity index (χ0n) is 9.29. The van der Waals surface area contributed by atoms with Crippen LogP contribution in [0, 0.1) is 11.8 Å². The van der Waals surface area contributed by atoms with E-state index in [9.17, 15) is 0 Å². The van der Waals surface area contributed by atoms with Crippen molar-refractivity contribution in [2.45, 2.75) is 33.6 Å². The van der Waals surface area contributed by atoms with Crippen molar-refractivity contribution in [3.63, 3.8) is 0 Å². The Kier molecular flexibility index (Phi) is 5.04. The summed E-state index contributed by atoms with van der Waals surface area (Å²) in [7, 11) is 0. The Labute approximate surface area is 97.1 Å². The third kappa shape index (κ3) is 4.05. The zero-order chi connectivity index (χ0) is 10.6. The Hall–Kier alpha value is 0.0500. The lowest BCUT2D eigenvalue weighted by atomic mass is 10.1. The van der Waals surface area contributed by atoms with Gasteiger partial charge in [0.15, 0.2) is 0 Å². The average molecular weight is 228 g/mol. The van der Waals surface area contributed by atoms with Gasteiger partial charge in [0.25, 0.3) is 0 Å². The highest BCUT2D eigenvalue weighted by Crippen LogP contribution is 2.22. The first-order valence-electron chi connectivity index (χ1n) is 5.30. The molecule has 0 amide bonds. The standard InChI is InChI=1S/C12H20S2/c1-9(2)6-11-4-5-12(14-11)7-10(3)8-13/h4-5,9-10,13H,6-8H2,1-3H3. The molecule has 0 bridgehead atoms. The summed E-state index contributed by atoms with van der Waals surface area (Å²) in [4.78, 5) is 3.04. The highest BCUT2D eigenvalue weighted by molar-refractivity contribution is 7.80. The average Bonchev–Trinajstić information content (AvgIpc) is 2.51. The fourth-order valence-electron chi connectivity index (χ4n) is 1.45. The maximum absolute atomic E-state index is 4.31. The second-order valence-corrected chi connectivity index (χ2v) is 6.08. The van der Waals surface area contributed by atoms with Crippen LogP contribution in [-0.4, -0.2) is 5.75 Å². The van der Waals surface area contributed by atoms with Crippen molar-refractivity contribution in [1.29, 1.82) is 0 Å². The van der Waals surface area contributed by atoms with Gasteiger partial charge in [0.1, 0.15) is 0 Å². The van der Waals surface area contributed by atoms with Gasteiger partial charge in [-0.3, -0.25) is 0 Å². The monoisotopic (exact) mass is 228 g/mol. The zero-order valence-corrected chi connectivity index (χ0v) is 11.0. The van der Waals surface area contributed by atoms with Crippen LogP contribution in [0.25, 0.3) is 0 Å². The molecule has 0 nitrogen and oxygen atoms in total. The molecule has 1 aromatic heterocycles. The van der Waals surface area contributed by atoms with E-state index in [2.05, 4.69) is 45.5 Å². The molecule has 14 heavy (non-hydrogen) atoms. The predicted molar refractivity (Wildman–Crippen MR) is 69.6 cm³/mol. The minimum Gasteiger partial charge on any atom is -0.179 e. The lowest BCUT2D eigenvalue weighted by Gasteiger charge is -2.04. The van der Waals surface area contributed by atoms with Crippen LogP contribution in [0.1, 0.15) is 30.5 Å². The molecule has 0 saturated carbocycles. The highest BCUT2D eigenvalue weighted by atomic mass is 32.1. The molecule has 0 aromatic carbocycles. The smallest absolute Gasteiger partial charge is 0.00511 e. The molecular formula is C12H20S2. The summed E-state index contributed by atoms with van der Waals surface area (Å²) in [5.41, 5.74) is 0. The van der Waals surface area contributed by atoms with Crippen molar-refractivity contribution in [3.05, 3.63) is 21.9 Å². The van der Waals surface area contributed by atoms with E-state index in [1.807, 2.05) is 11.3 Å². The van der Waals surface area contributed by atoms with Crippen molar-refractivity contribution in [1.82, 2.24) is 0 Å². The molecule has 0 aliphatic rings. The van der Waals surface area contributed by atoms with E-state index in [0.29, 0.717) is 5.92 Å². The third-order valence-corrected chi connectivity index (χ3v) is 3.94. The van der Waals surface area contributed by atoms with Crippen LogP contribution in [0.15, 0.2) is 12.1 Å². The second-order valence-electron chi connectivity index (χ2n) is 4.46. The molecule has 0 radical (unpaired) electrons. The van der Waals surface area contributed by atoms with Crippen LogP contribution in [0.4, 0.5) is 0 Å². The molecular weight excluding hydrogens is 208 g/mol. The van der Waals surface area contributed by atoms with Gasteiger partial charge < -0.3 is 0 Å². The van der Waals surface area contributed by atoms with E-state index >= 15 is 0 Å². The topological polar surface area (TPSA) is 0 Å². The Morgan fingerprint density at radius 3 is 2.21 bits per heavy atom. The van der Waals surface area contributed by atoms with Crippen molar-refractivity contribution in [3.8, 4) is 0 Å². The van der Waals surface area contributed by atoms with Crippen LogP contribution < -0.4 is 0 Å². The number of hydrogen-bond acceptors (Lipinski definition) is 2. The lowest BCUT2D eigenvalue weighted by Crippen LogP contribution is -1.98. The molecule has 1 unspecified atom stereocenters. The van der Waals surface area contributed by atoms with Crippen LogP contribution in [0.3, 0.4) is 0 Å². The molecule has 0 aliphatic heterocycles. The fraction of sp³-hybridized carbons (Fsp3) is 0.667. The highest BCUT2D eigenvalue weighted by Gasteiger charge is 2.05. The molecule has 0 fully saturated rings. The van der Waals surface area contributed by atoms with Crippen molar-refractivity contribution >= 4 is 24.0 Å². The third-order valence-electron chi connectivity index (χ3n) is 2.19. The van der Waals surface area contributed by atoms with Gasteiger partial charge in [0, 0.05) is 9.75 Å². The molecule has 1 aromatic rings. The molecule has 0 aliphatic carbocycles. The summed E-state index contributed by atoms with van der Waals surface area (Å²) in [5.74, 6) is 2.45. The van der Waals surface area contributed by atoms with Gasteiger partial charge in [0.2, 0.25) is 0 Å². The largest absolute Gasteiger partial charge is 0.179 e. The lowest BCUT2D eigenvalue weighted by molar-refractivity contribution is 0.654. The van der Waals surface area contributed by atoms with Gasteiger partial charge >= 0.3 is 0 Å². The van der Waals surface area contributed by atoms with Gasteiger partial charge in [-0.1, -0.05) is 20.8 Å². The minimum atomic E-state index is 0.698. The van der Waals surface area contributed by atoms with Crippen molar-refractivity contribution in [2.75, 3.05) is 5.75 Å².